The fourth-order valence-electron chi connectivity index (χ4n) is 3.39. The van der Waals surface area contributed by atoms with E-state index in [9.17, 15) is 8.78 Å². The third-order valence-corrected chi connectivity index (χ3v) is 4.64. The van der Waals surface area contributed by atoms with Crippen LogP contribution in [0.2, 0.25) is 0 Å². The van der Waals surface area contributed by atoms with Crippen LogP contribution in [0.4, 0.5) is 8.78 Å². The van der Waals surface area contributed by atoms with Crippen LogP contribution < -0.4 is 0 Å². The molecule has 24 heavy (non-hydrogen) atoms. The Kier molecular flexibility index (Phi) is 4.30. The number of nitrogens with one attached hydrogen (secondary N) is 1. The van der Waals surface area contributed by atoms with E-state index >= 15 is 0 Å². The number of aromatic nitrogens is 2. The number of rotatable bonds is 3. The lowest BCUT2D eigenvalue weighted by Crippen LogP contribution is -2.39. The fraction of sp³-hybridized carbons (Fsp3) is 0.471. The number of hydrogen-bond donors (Lipinski definition) is 1. The molecule has 1 N–H and O–H groups in total. The molecule has 2 aliphatic rings. The second kappa shape index (κ2) is 6.58. The Morgan fingerprint density at radius 1 is 1.17 bits per heavy atom. The van der Waals surface area contributed by atoms with E-state index in [1.807, 2.05) is 0 Å². The molecule has 7 heteroatoms. The molecule has 4 rings (SSSR count). The molecule has 2 aliphatic heterocycles. The van der Waals surface area contributed by atoms with Crippen LogP contribution in [0.15, 0.2) is 18.2 Å². The molecule has 1 fully saturated rings. The Labute approximate surface area is 138 Å². The second-order valence-electron chi connectivity index (χ2n) is 6.19. The van der Waals surface area contributed by atoms with Gasteiger partial charge >= 0.3 is 0 Å². The molecule has 1 atom stereocenters. The van der Waals surface area contributed by atoms with Gasteiger partial charge in [0.05, 0.1) is 38.2 Å². The van der Waals surface area contributed by atoms with E-state index in [1.54, 1.807) is 0 Å². The molecule has 128 valence electrons. The van der Waals surface area contributed by atoms with Gasteiger partial charge in [0.15, 0.2) is 0 Å². The highest BCUT2D eigenvalue weighted by molar-refractivity contribution is 5.27. The molecule has 0 saturated carbocycles. The topological polar surface area (TPSA) is 50.4 Å². The van der Waals surface area contributed by atoms with Gasteiger partial charge in [-0.25, -0.2) is 8.78 Å². The molecule has 1 aromatic carbocycles. The molecule has 0 aliphatic carbocycles. The number of hydrogen-bond acceptors (Lipinski definition) is 4. The van der Waals surface area contributed by atoms with Gasteiger partial charge in [0.1, 0.15) is 11.6 Å². The lowest BCUT2D eigenvalue weighted by molar-refractivity contribution is -0.0138. The van der Waals surface area contributed by atoms with Crippen molar-refractivity contribution < 1.29 is 18.3 Å². The monoisotopic (exact) mass is 335 g/mol. The number of benzene rings is 1. The predicted octanol–water partition coefficient (Wildman–Crippen LogP) is 2.33. The zero-order valence-corrected chi connectivity index (χ0v) is 13.2. The number of aromatic amines is 1. The molecule has 3 heterocycles. The molecule has 5 nitrogen and oxygen atoms in total. The van der Waals surface area contributed by atoms with Gasteiger partial charge in [0, 0.05) is 36.8 Å². The molecule has 1 saturated heterocycles. The Morgan fingerprint density at radius 3 is 2.83 bits per heavy atom. The summed E-state index contributed by atoms with van der Waals surface area (Å²) in [6, 6.07) is 3.44. The van der Waals surface area contributed by atoms with Crippen molar-refractivity contribution in [2.75, 3.05) is 26.4 Å². The summed E-state index contributed by atoms with van der Waals surface area (Å²) >= 11 is 0. The quantitative estimate of drug-likeness (QED) is 0.935. The van der Waals surface area contributed by atoms with E-state index in [1.165, 1.54) is 12.1 Å². The normalized spacial score (nSPS) is 21.7. The van der Waals surface area contributed by atoms with Gasteiger partial charge in [0.25, 0.3) is 0 Å². The molecule has 1 unspecified atom stereocenters. The number of nitrogens with zero attached hydrogens (tertiary/aromatic N) is 2. The summed E-state index contributed by atoms with van der Waals surface area (Å²) in [4.78, 5) is 2.16. The van der Waals surface area contributed by atoms with E-state index in [4.69, 9.17) is 9.47 Å². The summed E-state index contributed by atoms with van der Waals surface area (Å²) in [6.07, 6.45) is 0.837. The Balaban J connectivity index is 1.59. The van der Waals surface area contributed by atoms with Crippen LogP contribution in [0, 0.1) is 11.6 Å². The van der Waals surface area contributed by atoms with Crippen LogP contribution in [-0.4, -0.2) is 41.5 Å². The molecular weight excluding hydrogens is 316 g/mol. The maximum absolute atomic E-state index is 13.6. The Bertz CT molecular complexity index is 714. The van der Waals surface area contributed by atoms with E-state index in [2.05, 4.69) is 15.1 Å². The zero-order valence-electron chi connectivity index (χ0n) is 13.2. The van der Waals surface area contributed by atoms with Gasteiger partial charge in [-0.3, -0.25) is 10.00 Å². The molecule has 0 amide bonds. The minimum absolute atomic E-state index is 0.194. The summed E-state index contributed by atoms with van der Waals surface area (Å²) in [5.74, 6) is -1.14. The maximum Gasteiger partial charge on any atom is 0.126 e. The molecule has 0 spiro atoms. The average Bonchev–Trinajstić information content (AvgIpc) is 2.98. The Morgan fingerprint density at radius 2 is 2.00 bits per heavy atom. The molecule has 0 bridgehead atoms. The smallest absolute Gasteiger partial charge is 0.126 e. The highest BCUT2D eigenvalue weighted by atomic mass is 19.1. The van der Waals surface area contributed by atoms with E-state index < -0.39 is 11.6 Å². The summed E-state index contributed by atoms with van der Waals surface area (Å²) in [5, 5.41) is 7.50. The fourth-order valence-corrected chi connectivity index (χ4v) is 3.39. The second-order valence-corrected chi connectivity index (χ2v) is 6.19. The highest BCUT2D eigenvalue weighted by Crippen LogP contribution is 2.28. The molecule has 1 aromatic heterocycles. The van der Waals surface area contributed by atoms with E-state index in [-0.39, 0.29) is 6.04 Å². The van der Waals surface area contributed by atoms with Crippen molar-refractivity contribution in [3.05, 3.63) is 52.3 Å². The molecular formula is C17H19F2N3O2. The first-order valence-corrected chi connectivity index (χ1v) is 8.11. The summed E-state index contributed by atoms with van der Waals surface area (Å²) < 4.78 is 38.2. The van der Waals surface area contributed by atoms with Crippen LogP contribution in [0.1, 0.15) is 28.6 Å². The third-order valence-electron chi connectivity index (χ3n) is 4.64. The SMILES string of the molecule is Fc1cc(F)cc(C2COCCN2Cc2n[nH]c3c2COCC3)c1. The molecule has 2 aromatic rings. The van der Waals surface area contributed by atoms with Crippen molar-refractivity contribution in [2.45, 2.75) is 25.6 Å². The highest BCUT2D eigenvalue weighted by Gasteiger charge is 2.28. The summed E-state index contributed by atoms with van der Waals surface area (Å²) in [5.41, 5.74) is 3.76. The largest absolute Gasteiger partial charge is 0.378 e. The van der Waals surface area contributed by atoms with Crippen LogP contribution in [0.25, 0.3) is 0 Å². The lowest BCUT2D eigenvalue weighted by Gasteiger charge is -2.35. The van der Waals surface area contributed by atoms with Crippen molar-refractivity contribution >= 4 is 0 Å². The van der Waals surface area contributed by atoms with E-state index in [0.717, 1.165) is 29.4 Å². The maximum atomic E-state index is 13.6. The minimum atomic E-state index is -0.568. The third kappa shape index (κ3) is 3.07. The predicted molar refractivity (Wildman–Crippen MR) is 82.3 cm³/mol. The van der Waals surface area contributed by atoms with Crippen molar-refractivity contribution in [2.24, 2.45) is 0 Å². The summed E-state index contributed by atoms with van der Waals surface area (Å²) in [7, 11) is 0. The summed E-state index contributed by atoms with van der Waals surface area (Å²) in [6.45, 7) is 3.55. The number of morpholine rings is 1. The number of H-pyrrole nitrogens is 1. The number of fused-ring (bicyclic) bond motifs is 1. The number of halogens is 2. The van der Waals surface area contributed by atoms with Crippen molar-refractivity contribution in [1.82, 2.24) is 15.1 Å². The average molecular weight is 335 g/mol. The van der Waals surface area contributed by atoms with Gasteiger partial charge in [-0.05, 0) is 17.7 Å². The Hall–Kier alpha value is -1.83. The first kappa shape index (κ1) is 15.7. The van der Waals surface area contributed by atoms with Crippen LogP contribution in [-0.2, 0) is 29.0 Å². The van der Waals surface area contributed by atoms with Gasteiger partial charge in [-0.2, -0.15) is 5.10 Å². The number of ether oxygens (including phenoxy) is 2. The van der Waals surface area contributed by atoms with Crippen LogP contribution >= 0.6 is 0 Å². The molecule has 0 radical (unpaired) electrons. The van der Waals surface area contributed by atoms with Gasteiger partial charge in [0.2, 0.25) is 0 Å². The van der Waals surface area contributed by atoms with Gasteiger partial charge in [-0.1, -0.05) is 0 Å². The van der Waals surface area contributed by atoms with Crippen LogP contribution in [0.5, 0.6) is 0 Å². The van der Waals surface area contributed by atoms with Crippen molar-refractivity contribution in [3.63, 3.8) is 0 Å². The van der Waals surface area contributed by atoms with Gasteiger partial charge in [-0.15, -0.1) is 0 Å². The first-order valence-electron chi connectivity index (χ1n) is 8.11. The lowest BCUT2D eigenvalue weighted by atomic mass is 10.0. The van der Waals surface area contributed by atoms with E-state index in [0.29, 0.717) is 45.1 Å². The van der Waals surface area contributed by atoms with Crippen molar-refractivity contribution in [3.8, 4) is 0 Å². The first-order chi connectivity index (χ1) is 11.7. The standard InChI is InChI=1S/C17H19F2N3O2/c18-12-5-11(6-13(19)7-12)17-10-24-4-2-22(17)8-16-14-9-23-3-1-15(14)20-21-16/h5-7,17H,1-4,8-10H2,(H,20,21). The van der Waals surface area contributed by atoms with Crippen molar-refractivity contribution in [1.29, 1.82) is 0 Å². The van der Waals surface area contributed by atoms with Gasteiger partial charge < -0.3 is 9.47 Å². The minimum Gasteiger partial charge on any atom is -0.378 e. The van der Waals surface area contributed by atoms with Crippen LogP contribution in [0.3, 0.4) is 0 Å². The zero-order chi connectivity index (χ0) is 16.5.